The first kappa shape index (κ1) is 20.9. The number of morpholine rings is 1. The lowest BCUT2D eigenvalue weighted by Gasteiger charge is -2.33. The van der Waals surface area contributed by atoms with Crippen molar-refractivity contribution in [3.05, 3.63) is 81.6 Å². The topological polar surface area (TPSA) is 54.5 Å². The molecule has 1 aliphatic heterocycles. The molecule has 1 N–H and O–H groups in total. The van der Waals surface area contributed by atoms with E-state index < -0.39 is 11.9 Å². The maximum absolute atomic E-state index is 14.5. The van der Waals surface area contributed by atoms with E-state index in [1.54, 1.807) is 24.4 Å². The molecule has 1 amide bonds. The fourth-order valence-corrected chi connectivity index (χ4v) is 4.53. The number of halogens is 2. The number of rotatable bonds is 6. The number of nitrogens with one attached hydrogen (secondary N) is 1. The number of aromatic nitrogens is 1. The van der Waals surface area contributed by atoms with Crippen LogP contribution in [0.1, 0.15) is 22.0 Å². The smallest absolute Gasteiger partial charge is 0.248 e. The van der Waals surface area contributed by atoms with Crippen LogP contribution in [0.15, 0.2) is 54.7 Å². The van der Waals surface area contributed by atoms with Gasteiger partial charge in [-0.3, -0.25) is 9.69 Å². The molecule has 1 atom stereocenters. The monoisotopic (exact) mass is 445 g/mol. The van der Waals surface area contributed by atoms with Crippen molar-refractivity contribution in [2.75, 3.05) is 31.6 Å². The molecule has 1 aromatic heterocycles. The van der Waals surface area contributed by atoms with Crippen LogP contribution in [0, 0.1) is 5.82 Å². The molecule has 1 unspecified atom stereocenters. The molecule has 0 radical (unpaired) electrons. The Bertz CT molecular complexity index is 1020. The normalized spacial score (nSPS) is 15.7. The molecule has 1 aliphatic rings. The van der Waals surface area contributed by atoms with Gasteiger partial charge in [0.25, 0.3) is 0 Å². The summed E-state index contributed by atoms with van der Waals surface area (Å²) >= 11 is 7.63. The summed E-state index contributed by atoms with van der Waals surface area (Å²) < 4.78 is 19.9. The van der Waals surface area contributed by atoms with Crippen LogP contribution in [-0.2, 0) is 16.0 Å². The van der Waals surface area contributed by atoms with Gasteiger partial charge in [0.1, 0.15) is 11.9 Å². The van der Waals surface area contributed by atoms with E-state index in [1.807, 2.05) is 29.2 Å². The van der Waals surface area contributed by atoms with Gasteiger partial charge in [0.2, 0.25) is 5.91 Å². The molecular formula is C22H21ClFN3O2S. The maximum atomic E-state index is 14.5. The minimum absolute atomic E-state index is 0.305. The third-order valence-corrected chi connectivity index (χ3v) is 6.25. The highest BCUT2D eigenvalue weighted by Crippen LogP contribution is 2.28. The number of anilines is 1. The predicted octanol–water partition coefficient (Wildman–Crippen LogP) is 4.54. The van der Waals surface area contributed by atoms with Crippen molar-refractivity contribution >= 4 is 34.0 Å². The summed E-state index contributed by atoms with van der Waals surface area (Å²) in [6.07, 6.45) is 2.36. The van der Waals surface area contributed by atoms with Crippen LogP contribution in [0.5, 0.6) is 0 Å². The third kappa shape index (κ3) is 4.87. The zero-order valence-corrected chi connectivity index (χ0v) is 17.8. The molecule has 1 fully saturated rings. The molecule has 3 aromatic rings. The Hall–Kier alpha value is -2.32. The van der Waals surface area contributed by atoms with Crippen molar-refractivity contribution in [2.45, 2.75) is 12.5 Å². The second-order valence-electron chi connectivity index (χ2n) is 6.96. The highest BCUT2D eigenvalue weighted by Gasteiger charge is 2.31. The molecule has 1 saturated heterocycles. The van der Waals surface area contributed by atoms with Crippen molar-refractivity contribution < 1.29 is 13.9 Å². The minimum atomic E-state index is -0.744. The van der Waals surface area contributed by atoms with E-state index in [0.29, 0.717) is 48.4 Å². The minimum Gasteiger partial charge on any atom is -0.379 e. The van der Waals surface area contributed by atoms with E-state index >= 15 is 0 Å². The lowest BCUT2D eigenvalue weighted by Crippen LogP contribution is -2.44. The van der Waals surface area contributed by atoms with E-state index in [0.717, 1.165) is 10.4 Å². The van der Waals surface area contributed by atoms with Crippen molar-refractivity contribution in [2.24, 2.45) is 0 Å². The Kier molecular flexibility index (Phi) is 6.74. The van der Waals surface area contributed by atoms with Gasteiger partial charge in [-0.25, -0.2) is 9.37 Å². The summed E-state index contributed by atoms with van der Waals surface area (Å²) in [7, 11) is 0. The van der Waals surface area contributed by atoms with Gasteiger partial charge in [0, 0.05) is 41.2 Å². The zero-order chi connectivity index (χ0) is 20.9. The Morgan fingerprint density at radius 3 is 2.70 bits per heavy atom. The molecular weight excluding hydrogens is 425 g/mol. The zero-order valence-electron chi connectivity index (χ0n) is 16.2. The third-order valence-electron chi connectivity index (χ3n) is 4.97. The Morgan fingerprint density at radius 1 is 1.20 bits per heavy atom. The van der Waals surface area contributed by atoms with Gasteiger partial charge in [-0.05, 0) is 17.7 Å². The number of nitrogens with zero attached hydrogens (tertiary/aromatic N) is 2. The van der Waals surface area contributed by atoms with E-state index in [4.69, 9.17) is 16.3 Å². The van der Waals surface area contributed by atoms with Crippen molar-refractivity contribution in [3.8, 4) is 0 Å². The summed E-state index contributed by atoms with van der Waals surface area (Å²) in [5.41, 5.74) is 1.35. The summed E-state index contributed by atoms with van der Waals surface area (Å²) in [6.45, 7) is 2.14. The van der Waals surface area contributed by atoms with Crippen LogP contribution in [0.2, 0.25) is 5.02 Å². The predicted molar refractivity (Wildman–Crippen MR) is 117 cm³/mol. The number of hydrogen-bond donors (Lipinski definition) is 1. The summed E-state index contributed by atoms with van der Waals surface area (Å²) in [5.74, 6) is -0.705. The Labute approximate surface area is 183 Å². The van der Waals surface area contributed by atoms with Gasteiger partial charge < -0.3 is 10.1 Å². The molecule has 30 heavy (non-hydrogen) atoms. The molecule has 156 valence electrons. The van der Waals surface area contributed by atoms with Gasteiger partial charge in [-0.15, -0.1) is 11.3 Å². The lowest BCUT2D eigenvalue weighted by molar-refractivity contribution is -0.123. The van der Waals surface area contributed by atoms with Gasteiger partial charge in [0.15, 0.2) is 5.13 Å². The molecule has 4 rings (SSSR count). The number of carbonyl (C=O) groups is 1. The number of thiazole rings is 1. The summed E-state index contributed by atoms with van der Waals surface area (Å²) in [6, 6.07) is 13.3. The second-order valence-corrected chi connectivity index (χ2v) is 8.48. The van der Waals surface area contributed by atoms with Crippen LogP contribution in [0.3, 0.4) is 0 Å². The largest absolute Gasteiger partial charge is 0.379 e. The van der Waals surface area contributed by atoms with Crippen molar-refractivity contribution in [3.63, 3.8) is 0 Å². The lowest BCUT2D eigenvalue weighted by atomic mass is 10.0. The first-order valence-electron chi connectivity index (χ1n) is 9.67. The second kappa shape index (κ2) is 9.66. The molecule has 0 aliphatic carbocycles. The Balaban J connectivity index is 1.52. The number of amides is 1. The van der Waals surface area contributed by atoms with Gasteiger partial charge in [-0.1, -0.05) is 48.0 Å². The van der Waals surface area contributed by atoms with E-state index in [1.165, 1.54) is 17.4 Å². The van der Waals surface area contributed by atoms with Crippen molar-refractivity contribution in [1.82, 2.24) is 9.88 Å². The first-order chi connectivity index (χ1) is 14.6. The SMILES string of the molecule is O=C(Nc1ncc(Cc2ccccc2Cl)s1)C(c1ccccc1F)N1CCOCC1. The standard InChI is InChI=1S/C22H21ClFN3O2S/c23-18-7-3-1-5-15(18)13-16-14-25-22(30-16)26-21(28)20(27-9-11-29-12-10-27)17-6-2-4-8-19(17)24/h1-8,14,20H,9-13H2,(H,25,26,28). The number of hydrogen-bond acceptors (Lipinski definition) is 5. The quantitative estimate of drug-likeness (QED) is 0.605. The molecule has 5 nitrogen and oxygen atoms in total. The van der Waals surface area contributed by atoms with Crippen molar-refractivity contribution in [1.29, 1.82) is 0 Å². The average molecular weight is 446 g/mol. The van der Waals surface area contributed by atoms with Gasteiger partial charge in [-0.2, -0.15) is 0 Å². The van der Waals surface area contributed by atoms with Crippen LogP contribution in [0.25, 0.3) is 0 Å². The molecule has 0 spiro atoms. The fourth-order valence-electron chi connectivity index (χ4n) is 3.49. The van der Waals surface area contributed by atoms with Gasteiger partial charge in [0.05, 0.1) is 13.2 Å². The first-order valence-corrected chi connectivity index (χ1v) is 10.9. The molecule has 8 heteroatoms. The molecule has 0 saturated carbocycles. The van der Waals surface area contributed by atoms with Gasteiger partial charge >= 0.3 is 0 Å². The van der Waals surface area contributed by atoms with Crippen LogP contribution in [0.4, 0.5) is 9.52 Å². The highest BCUT2D eigenvalue weighted by molar-refractivity contribution is 7.15. The highest BCUT2D eigenvalue weighted by atomic mass is 35.5. The van der Waals surface area contributed by atoms with E-state index in [-0.39, 0.29) is 5.91 Å². The average Bonchev–Trinajstić information content (AvgIpc) is 3.19. The molecule has 0 bridgehead atoms. The molecule has 2 aromatic carbocycles. The maximum Gasteiger partial charge on any atom is 0.248 e. The summed E-state index contributed by atoms with van der Waals surface area (Å²) in [4.78, 5) is 20.4. The van der Waals surface area contributed by atoms with E-state index in [2.05, 4.69) is 10.3 Å². The number of ether oxygens (including phenoxy) is 1. The van der Waals surface area contributed by atoms with Crippen LogP contribution in [-0.4, -0.2) is 42.1 Å². The van der Waals surface area contributed by atoms with Crippen LogP contribution >= 0.6 is 22.9 Å². The number of carbonyl (C=O) groups excluding carboxylic acids is 1. The fraction of sp³-hybridized carbons (Fsp3) is 0.273. The van der Waals surface area contributed by atoms with Crippen LogP contribution < -0.4 is 5.32 Å². The van der Waals surface area contributed by atoms with E-state index in [9.17, 15) is 9.18 Å². The number of benzene rings is 2. The summed E-state index contributed by atoms with van der Waals surface area (Å²) in [5, 5.41) is 4.05. The molecule has 2 heterocycles. The Morgan fingerprint density at radius 2 is 1.93 bits per heavy atom.